The van der Waals surface area contributed by atoms with E-state index in [0.717, 1.165) is 28.6 Å². The number of benzene rings is 1. The van der Waals surface area contributed by atoms with Gasteiger partial charge in [0, 0.05) is 37.2 Å². The van der Waals surface area contributed by atoms with Crippen molar-refractivity contribution in [1.29, 1.82) is 0 Å². The smallest absolute Gasteiger partial charge is 0.197 e. The van der Waals surface area contributed by atoms with Gasteiger partial charge in [-0.2, -0.15) is 0 Å². The number of aromatic nitrogens is 5. The first kappa shape index (κ1) is 18.4. The maximum absolute atomic E-state index is 14.2. The van der Waals surface area contributed by atoms with Crippen molar-refractivity contribution in [3.8, 4) is 17.3 Å². The van der Waals surface area contributed by atoms with Crippen LogP contribution in [0.15, 0.2) is 55.4 Å². The fraction of sp³-hybridized carbons (Fsp3) is 0.143. The number of halogens is 4. The van der Waals surface area contributed by atoms with Gasteiger partial charge in [0.05, 0.1) is 5.69 Å². The lowest BCUT2D eigenvalue weighted by molar-refractivity contribution is 0.502. The van der Waals surface area contributed by atoms with Crippen LogP contribution in [0.5, 0.6) is 0 Å². The Morgan fingerprint density at radius 3 is 2.00 bits per heavy atom. The molecule has 0 unspecified atom stereocenters. The molecule has 0 amide bonds. The lowest BCUT2D eigenvalue weighted by Gasteiger charge is -2.09. The van der Waals surface area contributed by atoms with E-state index in [0.29, 0.717) is 23.6 Å². The Morgan fingerprint density at radius 2 is 1.33 bits per heavy atom. The lowest BCUT2D eigenvalue weighted by atomic mass is 10.1. The van der Waals surface area contributed by atoms with E-state index in [1.807, 2.05) is 0 Å². The molecule has 1 aliphatic rings. The molecule has 1 fully saturated rings. The zero-order chi connectivity index (χ0) is 20.8. The van der Waals surface area contributed by atoms with Crippen LogP contribution in [0.25, 0.3) is 17.3 Å². The first-order valence-electron chi connectivity index (χ1n) is 9.13. The molecular formula is C21H13F4N5. The molecule has 4 aromatic rings. The summed E-state index contributed by atoms with van der Waals surface area (Å²) in [6.07, 6.45) is 8.78. The second kappa shape index (κ2) is 7.01. The molecule has 1 aromatic carbocycles. The molecule has 0 N–H and O–H groups in total. The van der Waals surface area contributed by atoms with E-state index in [1.165, 1.54) is 6.07 Å². The SMILES string of the molecule is Fc1cn(-c2cc([C@@H]3C[C@H]3c3cnc(-c4ncccn4)nc3)cc(F)c2F)cc1F. The number of hydrogen-bond donors (Lipinski definition) is 0. The van der Waals surface area contributed by atoms with Gasteiger partial charge in [-0.15, -0.1) is 0 Å². The highest BCUT2D eigenvalue weighted by molar-refractivity contribution is 5.46. The van der Waals surface area contributed by atoms with Crippen LogP contribution in [0, 0.1) is 23.3 Å². The summed E-state index contributed by atoms with van der Waals surface area (Å²) in [6.45, 7) is 0. The van der Waals surface area contributed by atoms with E-state index in [1.54, 1.807) is 30.9 Å². The molecule has 30 heavy (non-hydrogen) atoms. The largest absolute Gasteiger partial charge is 0.315 e. The number of rotatable bonds is 4. The predicted molar refractivity (Wildman–Crippen MR) is 98.8 cm³/mol. The summed E-state index contributed by atoms with van der Waals surface area (Å²) in [7, 11) is 0. The fourth-order valence-electron chi connectivity index (χ4n) is 3.53. The van der Waals surface area contributed by atoms with Crippen LogP contribution in [0.3, 0.4) is 0 Å². The van der Waals surface area contributed by atoms with E-state index in [4.69, 9.17) is 0 Å². The minimum absolute atomic E-state index is 0.0339. The molecule has 2 atom stereocenters. The van der Waals surface area contributed by atoms with Gasteiger partial charge in [-0.05, 0) is 47.6 Å². The molecule has 5 rings (SSSR count). The molecule has 1 saturated carbocycles. The van der Waals surface area contributed by atoms with Gasteiger partial charge in [0.25, 0.3) is 0 Å². The minimum atomic E-state index is -1.17. The molecule has 9 heteroatoms. The monoisotopic (exact) mass is 411 g/mol. The van der Waals surface area contributed by atoms with E-state index >= 15 is 0 Å². The zero-order valence-corrected chi connectivity index (χ0v) is 15.3. The average Bonchev–Trinajstić information content (AvgIpc) is 3.50. The lowest BCUT2D eigenvalue weighted by Crippen LogP contribution is -2.01. The first-order chi connectivity index (χ1) is 14.5. The third-order valence-corrected chi connectivity index (χ3v) is 5.13. The van der Waals surface area contributed by atoms with E-state index in [9.17, 15) is 17.6 Å². The third kappa shape index (κ3) is 3.22. The Morgan fingerprint density at radius 1 is 0.733 bits per heavy atom. The molecule has 0 saturated heterocycles. The van der Waals surface area contributed by atoms with Crippen LogP contribution in [-0.2, 0) is 0 Å². The Kier molecular flexibility index (Phi) is 4.30. The summed E-state index contributed by atoms with van der Waals surface area (Å²) in [4.78, 5) is 16.8. The molecule has 150 valence electrons. The van der Waals surface area contributed by atoms with Crippen molar-refractivity contribution in [3.05, 3.63) is 89.8 Å². The minimum Gasteiger partial charge on any atom is -0.315 e. The van der Waals surface area contributed by atoms with Gasteiger partial charge in [-0.3, -0.25) is 0 Å². The van der Waals surface area contributed by atoms with Crippen molar-refractivity contribution < 1.29 is 17.6 Å². The zero-order valence-electron chi connectivity index (χ0n) is 15.3. The predicted octanol–water partition coefficient (Wildman–Crippen LogP) is 4.55. The maximum Gasteiger partial charge on any atom is 0.197 e. The maximum atomic E-state index is 14.2. The summed E-state index contributed by atoms with van der Waals surface area (Å²) in [5, 5.41) is 0. The van der Waals surface area contributed by atoms with Gasteiger partial charge in [0.1, 0.15) is 0 Å². The Hall–Kier alpha value is -3.62. The van der Waals surface area contributed by atoms with Crippen LogP contribution in [-0.4, -0.2) is 24.5 Å². The highest BCUT2D eigenvalue weighted by Crippen LogP contribution is 2.54. The summed E-state index contributed by atoms with van der Waals surface area (Å²) in [6, 6.07) is 4.22. The van der Waals surface area contributed by atoms with Crippen molar-refractivity contribution in [2.45, 2.75) is 18.3 Å². The summed E-state index contributed by atoms with van der Waals surface area (Å²) >= 11 is 0. The van der Waals surface area contributed by atoms with Gasteiger partial charge in [-0.25, -0.2) is 37.5 Å². The van der Waals surface area contributed by atoms with Crippen LogP contribution < -0.4 is 0 Å². The van der Waals surface area contributed by atoms with Crippen molar-refractivity contribution in [3.63, 3.8) is 0 Å². The number of hydrogen-bond acceptors (Lipinski definition) is 4. The average molecular weight is 411 g/mol. The van der Waals surface area contributed by atoms with Gasteiger partial charge < -0.3 is 4.57 Å². The molecule has 0 bridgehead atoms. The first-order valence-corrected chi connectivity index (χ1v) is 9.13. The van der Waals surface area contributed by atoms with Crippen LogP contribution >= 0.6 is 0 Å². The Labute approximate surface area is 168 Å². The summed E-state index contributed by atoms with van der Waals surface area (Å²) in [5.74, 6) is -3.75. The van der Waals surface area contributed by atoms with E-state index in [2.05, 4.69) is 19.9 Å². The summed E-state index contributed by atoms with van der Waals surface area (Å²) in [5.41, 5.74) is 1.15. The van der Waals surface area contributed by atoms with Crippen molar-refractivity contribution in [2.75, 3.05) is 0 Å². The second-order valence-electron chi connectivity index (χ2n) is 7.06. The highest BCUT2D eigenvalue weighted by atomic mass is 19.2. The molecule has 0 spiro atoms. The number of nitrogens with zero attached hydrogens (tertiary/aromatic N) is 5. The van der Waals surface area contributed by atoms with Crippen molar-refractivity contribution in [1.82, 2.24) is 24.5 Å². The van der Waals surface area contributed by atoms with Crippen LogP contribution in [0.4, 0.5) is 17.6 Å². The molecule has 5 nitrogen and oxygen atoms in total. The molecule has 0 radical (unpaired) electrons. The summed E-state index contributed by atoms with van der Waals surface area (Å²) < 4.78 is 56.0. The Balaban J connectivity index is 1.41. The Bertz CT molecular complexity index is 1200. The standard InChI is InChI=1S/C21H13F4N5/c22-15-4-11(5-18(19(15)25)30-9-16(23)17(24)10-30)13-6-14(13)12-7-28-21(29-8-12)20-26-2-1-3-27-20/h1-5,7-10,13-14H,6H2/t13-,14-/m0/s1. The normalized spacial score (nSPS) is 17.9. The topological polar surface area (TPSA) is 56.5 Å². The third-order valence-electron chi connectivity index (χ3n) is 5.13. The fourth-order valence-corrected chi connectivity index (χ4v) is 3.53. The van der Waals surface area contributed by atoms with E-state index < -0.39 is 23.3 Å². The quantitative estimate of drug-likeness (QED) is 0.463. The van der Waals surface area contributed by atoms with Gasteiger partial charge in [0.2, 0.25) is 0 Å². The van der Waals surface area contributed by atoms with Gasteiger partial charge in [0.15, 0.2) is 34.9 Å². The molecule has 3 heterocycles. The van der Waals surface area contributed by atoms with Crippen molar-refractivity contribution in [2.24, 2.45) is 0 Å². The second-order valence-corrected chi connectivity index (χ2v) is 7.06. The molecule has 1 aliphatic carbocycles. The molecule has 3 aromatic heterocycles. The van der Waals surface area contributed by atoms with E-state index in [-0.39, 0.29) is 17.5 Å². The molecule has 0 aliphatic heterocycles. The highest BCUT2D eigenvalue weighted by Gasteiger charge is 2.40. The van der Waals surface area contributed by atoms with Gasteiger partial charge in [-0.1, -0.05) is 0 Å². The van der Waals surface area contributed by atoms with Crippen LogP contribution in [0.1, 0.15) is 29.4 Å². The van der Waals surface area contributed by atoms with Gasteiger partial charge >= 0.3 is 0 Å². The van der Waals surface area contributed by atoms with Crippen molar-refractivity contribution >= 4 is 0 Å². The van der Waals surface area contributed by atoms with Crippen LogP contribution in [0.2, 0.25) is 0 Å². The molecular weight excluding hydrogens is 398 g/mol.